The Balaban J connectivity index is 1.66. The molecule has 2 aromatic rings. The standard InChI is InChI=1S/C26H32N2O3/c1-16(2)27-25(29)18(4)31-22-12-11-19-13-14-28(26(30)21-9-10-21)24(23(19)15-22)20-7-5-17(3)6-8-20/h5-8,11-12,15-16,18,21,24H,9-10,13-14H2,1-4H3,(H,27,29)/t18-,24-/m0/s1. The van der Waals surface area contributed by atoms with Gasteiger partial charge in [-0.25, -0.2) is 0 Å². The maximum atomic E-state index is 13.1. The number of carbonyl (C=O) groups is 2. The Bertz CT molecular complexity index is 963. The van der Waals surface area contributed by atoms with E-state index in [1.165, 1.54) is 11.1 Å². The van der Waals surface area contributed by atoms with Crippen LogP contribution >= 0.6 is 0 Å². The van der Waals surface area contributed by atoms with Crippen LogP contribution in [0.4, 0.5) is 0 Å². The second-order valence-corrected chi connectivity index (χ2v) is 9.15. The van der Waals surface area contributed by atoms with Crippen LogP contribution in [-0.2, 0) is 16.0 Å². The van der Waals surface area contributed by atoms with Gasteiger partial charge in [-0.1, -0.05) is 35.9 Å². The zero-order valence-electron chi connectivity index (χ0n) is 18.9. The number of carbonyl (C=O) groups excluding carboxylic acids is 2. The summed E-state index contributed by atoms with van der Waals surface area (Å²) >= 11 is 0. The number of benzene rings is 2. The Morgan fingerprint density at radius 3 is 2.42 bits per heavy atom. The Morgan fingerprint density at radius 2 is 1.77 bits per heavy atom. The molecule has 0 radical (unpaired) electrons. The SMILES string of the molecule is Cc1ccc([C@H]2c3cc(O[C@@H](C)C(=O)NC(C)C)ccc3CCN2C(=O)C2CC2)cc1. The molecule has 5 heteroatoms. The Labute approximate surface area is 184 Å². The summed E-state index contributed by atoms with van der Waals surface area (Å²) < 4.78 is 5.99. The Hall–Kier alpha value is -2.82. The molecule has 164 valence electrons. The first-order chi connectivity index (χ1) is 14.8. The molecule has 0 spiro atoms. The van der Waals surface area contributed by atoms with Crippen LogP contribution in [0.25, 0.3) is 0 Å². The molecular weight excluding hydrogens is 388 g/mol. The molecule has 2 amide bonds. The molecule has 1 fully saturated rings. The van der Waals surface area contributed by atoms with Gasteiger partial charge in [0, 0.05) is 18.5 Å². The van der Waals surface area contributed by atoms with Gasteiger partial charge in [0.2, 0.25) is 5.91 Å². The van der Waals surface area contributed by atoms with E-state index in [1.807, 2.05) is 30.9 Å². The summed E-state index contributed by atoms with van der Waals surface area (Å²) in [7, 11) is 0. The fourth-order valence-electron chi connectivity index (χ4n) is 4.24. The molecule has 1 aliphatic heterocycles. The van der Waals surface area contributed by atoms with Crippen molar-refractivity contribution in [3.63, 3.8) is 0 Å². The average molecular weight is 421 g/mol. The first-order valence-electron chi connectivity index (χ1n) is 11.3. The molecule has 1 N–H and O–H groups in total. The van der Waals surface area contributed by atoms with Crippen LogP contribution in [0.15, 0.2) is 42.5 Å². The van der Waals surface area contributed by atoms with Crippen molar-refractivity contribution in [3.8, 4) is 5.75 Å². The highest BCUT2D eigenvalue weighted by Gasteiger charge is 2.39. The second kappa shape index (κ2) is 8.74. The summed E-state index contributed by atoms with van der Waals surface area (Å²) in [5, 5.41) is 2.89. The lowest BCUT2D eigenvalue weighted by atomic mass is 9.87. The summed E-state index contributed by atoms with van der Waals surface area (Å²) in [6.07, 6.45) is 2.23. The van der Waals surface area contributed by atoms with Gasteiger partial charge in [0.1, 0.15) is 5.75 Å². The fraction of sp³-hybridized carbons (Fsp3) is 0.462. The van der Waals surface area contributed by atoms with Crippen molar-refractivity contribution in [2.75, 3.05) is 6.54 Å². The van der Waals surface area contributed by atoms with E-state index in [4.69, 9.17) is 4.74 Å². The average Bonchev–Trinajstić information content (AvgIpc) is 3.58. The first-order valence-corrected chi connectivity index (χ1v) is 11.3. The van der Waals surface area contributed by atoms with Gasteiger partial charge in [-0.05, 0) is 75.8 Å². The zero-order chi connectivity index (χ0) is 22.1. The number of aryl methyl sites for hydroxylation is 1. The van der Waals surface area contributed by atoms with Gasteiger partial charge in [0.05, 0.1) is 6.04 Å². The minimum absolute atomic E-state index is 0.0648. The van der Waals surface area contributed by atoms with Crippen LogP contribution in [0.5, 0.6) is 5.75 Å². The van der Waals surface area contributed by atoms with Crippen LogP contribution < -0.4 is 10.1 Å². The van der Waals surface area contributed by atoms with Crippen molar-refractivity contribution in [1.29, 1.82) is 0 Å². The number of amides is 2. The highest BCUT2D eigenvalue weighted by Crippen LogP contribution is 2.41. The largest absolute Gasteiger partial charge is 0.481 e. The highest BCUT2D eigenvalue weighted by molar-refractivity contribution is 5.82. The second-order valence-electron chi connectivity index (χ2n) is 9.15. The quantitative estimate of drug-likeness (QED) is 0.763. The number of hydrogen-bond donors (Lipinski definition) is 1. The molecule has 0 bridgehead atoms. The van der Waals surface area contributed by atoms with Crippen molar-refractivity contribution < 1.29 is 14.3 Å². The number of nitrogens with zero attached hydrogens (tertiary/aromatic N) is 1. The van der Waals surface area contributed by atoms with Gasteiger partial charge in [0.15, 0.2) is 6.10 Å². The molecule has 0 saturated heterocycles. The number of fused-ring (bicyclic) bond motifs is 1. The molecule has 1 saturated carbocycles. The van der Waals surface area contributed by atoms with E-state index in [1.54, 1.807) is 6.92 Å². The summed E-state index contributed by atoms with van der Waals surface area (Å²) in [6.45, 7) is 8.43. The molecule has 31 heavy (non-hydrogen) atoms. The van der Waals surface area contributed by atoms with E-state index < -0.39 is 6.10 Å². The smallest absolute Gasteiger partial charge is 0.260 e. The molecule has 5 nitrogen and oxygen atoms in total. The Morgan fingerprint density at radius 1 is 1.06 bits per heavy atom. The highest BCUT2D eigenvalue weighted by atomic mass is 16.5. The summed E-state index contributed by atoms with van der Waals surface area (Å²) in [5.74, 6) is 0.956. The van der Waals surface area contributed by atoms with Gasteiger partial charge in [-0.2, -0.15) is 0 Å². The molecule has 0 aromatic heterocycles. The number of nitrogens with one attached hydrogen (secondary N) is 1. The maximum Gasteiger partial charge on any atom is 0.260 e. The monoisotopic (exact) mass is 420 g/mol. The van der Waals surface area contributed by atoms with Crippen LogP contribution in [-0.4, -0.2) is 35.4 Å². The minimum Gasteiger partial charge on any atom is -0.481 e. The predicted molar refractivity (Wildman–Crippen MR) is 121 cm³/mol. The van der Waals surface area contributed by atoms with Crippen molar-refractivity contribution in [3.05, 3.63) is 64.7 Å². The Kier molecular flexibility index (Phi) is 6.03. The van der Waals surface area contributed by atoms with Gasteiger partial charge in [-0.3, -0.25) is 9.59 Å². The molecule has 4 rings (SSSR count). The van der Waals surface area contributed by atoms with Crippen molar-refractivity contribution >= 4 is 11.8 Å². The summed E-state index contributed by atoms with van der Waals surface area (Å²) in [6, 6.07) is 14.4. The van der Waals surface area contributed by atoms with Gasteiger partial charge >= 0.3 is 0 Å². The third-order valence-electron chi connectivity index (χ3n) is 6.06. The normalized spacial score (nSPS) is 19.0. The van der Waals surface area contributed by atoms with Crippen molar-refractivity contribution in [1.82, 2.24) is 10.2 Å². The third kappa shape index (κ3) is 4.76. The van der Waals surface area contributed by atoms with Gasteiger partial charge in [0.25, 0.3) is 5.91 Å². The van der Waals surface area contributed by atoms with E-state index in [-0.39, 0.29) is 29.8 Å². The molecule has 2 atom stereocenters. The van der Waals surface area contributed by atoms with Crippen LogP contribution in [0.1, 0.15) is 61.9 Å². The number of hydrogen-bond acceptors (Lipinski definition) is 3. The molecule has 2 aliphatic rings. The maximum absolute atomic E-state index is 13.1. The predicted octanol–water partition coefficient (Wildman–Crippen LogP) is 4.17. The lowest BCUT2D eigenvalue weighted by Crippen LogP contribution is -2.41. The van der Waals surface area contributed by atoms with E-state index >= 15 is 0 Å². The van der Waals surface area contributed by atoms with E-state index in [2.05, 4.69) is 42.6 Å². The van der Waals surface area contributed by atoms with E-state index in [9.17, 15) is 9.59 Å². The van der Waals surface area contributed by atoms with Crippen LogP contribution in [0.2, 0.25) is 0 Å². The van der Waals surface area contributed by atoms with Crippen LogP contribution in [0, 0.1) is 12.8 Å². The summed E-state index contributed by atoms with van der Waals surface area (Å²) in [4.78, 5) is 27.5. The topological polar surface area (TPSA) is 58.6 Å². The van der Waals surface area contributed by atoms with Crippen molar-refractivity contribution in [2.45, 2.75) is 65.1 Å². The summed E-state index contributed by atoms with van der Waals surface area (Å²) in [5.41, 5.74) is 4.64. The number of ether oxygens (including phenoxy) is 1. The lowest BCUT2D eigenvalue weighted by Gasteiger charge is -2.38. The molecule has 2 aromatic carbocycles. The third-order valence-corrected chi connectivity index (χ3v) is 6.06. The lowest BCUT2D eigenvalue weighted by molar-refractivity contribution is -0.134. The molecule has 1 aliphatic carbocycles. The fourth-order valence-corrected chi connectivity index (χ4v) is 4.24. The molecular formula is C26H32N2O3. The molecule has 1 heterocycles. The van der Waals surface area contributed by atoms with Gasteiger partial charge < -0.3 is 15.0 Å². The van der Waals surface area contributed by atoms with E-state index in [0.29, 0.717) is 5.75 Å². The number of rotatable bonds is 6. The van der Waals surface area contributed by atoms with Crippen LogP contribution in [0.3, 0.4) is 0 Å². The zero-order valence-corrected chi connectivity index (χ0v) is 18.9. The van der Waals surface area contributed by atoms with E-state index in [0.717, 1.165) is 36.9 Å². The van der Waals surface area contributed by atoms with Crippen molar-refractivity contribution in [2.24, 2.45) is 5.92 Å². The molecule has 0 unspecified atom stereocenters. The minimum atomic E-state index is -0.592. The van der Waals surface area contributed by atoms with Gasteiger partial charge in [-0.15, -0.1) is 0 Å². The first kappa shape index (κ1) is 21.4.